The van der Waals surface area contributed by atoms with Crippen LogP contribution in [-0.4, -0.2) is 165 Å². The molecule has 6 aromatic rings. The largest absolute Gasteiger partial charge is 0.508 e. The van der Waals surface area contributed by atoms with Crippen LogP contribution in [0.4, 0.5) is 10.5 Å². The molecule has 5 aromatic carbocycles. The van der Waals surface area contributed by atoms with Crippen LogP contribution in [0.1, 0.15) is 54.0 Å². The quantitative estimate of drug-likeness (QED) is 0.0379. The molecule has 0 spiro atoms. The number of unbranched alkanes of at least 4 members (excludes halogenated alkanes) is 1. The normalized spacial score (nSPS) is 21.6. The van der Waals surface area contributed by atoms with Gasteiger partial charge in [0, 0.05) is 73.4 Å². The molecule has 0 radical (unpaired) electrons. The third-order valence-corrected chi connectivity index (χ3v) is 17.8. The highest BCUT2D eigenvalue weighted by molar-refractivity contribution is 8.76. The Balaban J connectivity index is 1.32. The van der Waals surface area contributed by atoms with Crippen molar-refractivity contribution in [3.63, 3.8) is 0 Å². The van der Waals surface area contributed by atoms with Crippen molar-refractivity contribution >= 4 is 97.4 Å². The first kappa shape index (κ1) is 70.8. The van der Waals surface area contributed by atoms with Crippen molar-refractivity contribution in [2.24, 2.45) is 11.5 Å². The van der Waals surface area contributed by atoms with E-state index in [0.717, 1.165) is 27.3 Å². The number of para-hydroxylation sites is 1. The van der Waals surface area contributed by atoms with Crippen molar-refractivity contribution in [3.05, 3.63) is 167 Å². The third-order valence-electron chi connectivity index (χ3n) is 15.3. The van der Waals surface area contributed by atoms with Crippen LogP contribution in [0.15, 0.2) is 140 Å². The molecule has 0 bridgehead atoms. The summed E-state index contributed by atoms with van der Waals surface area (Å²) in [7, 11) is 3.50. The number of hydrogen-bond donors (Lipinski definition) is 16. The molecule has 26 nitrogen and oxygen atoms in total. The lowest BCUT2D eigenvalue weighted by molar-refractivity contribution is -0.141. The fourth-order valence-electron chi connectivity index (χ4n) is 10.3. The number of H-pyrrole nitrogens is 1. The standard InChI is InChI=1S/C65H79N13O13S2/c1-37(79)55-63(88)74-50(30-39-15-7-4-8-16-39)59(84)76-54(64(89)90)36-93-92-35-53(75-60(85)51(77-65(67)91)32-41-22-26-44(80)27-23-41)62(87)72-48(29-38-13-5-3-6-14-38)57(82)71-49(31-40-20-24-43(68-2)25-21-40)58(83)73-52(33-42-34-69-46-18-10-9-17-45(42)46)61(86)70-47(56(81)78-55)19-11-12-28-66/h3-10,13-18,20-27,34,37,47-55,68-69,79-80H,11-12,19,28-33,35-36,66H2,1-2H3,(H,70,86)(H,71,82)(H,72,87)(H,73,83)(H,74,88)(H,75,85)(H,76,84)(H,78,81)(H,89,90)(H3,67,77,91)/t37-,47+,48-,49+,50+,51-,52-,53-,54+,55-/m1/s1. The highest BCUT2D eigenvalue weighted by Crippen LogP contribution is 2.25. The van der Waals surface area contributed by atoms with E-state index in [9.17, 15) is 44.1 Å². The van der Waals surface area contributed by atoms with Crippen LogP contribution in [0.3, 0.4) is 0 Å². The summed E-state index contributed by atoms with van der Waals surface area (Å²) in [6.45, 7) is 1.44. The molecule has 28 heteroatoms. The topological polar surface area (TPSA) is 420 Å². The second kappa shape index (κ2) is 35.3. The van der Waals surface area contributed by atoms with E-state index in [0.29, 0.717) is 45.1 Å². The Morgan fingerprint density at radius 1 is 0.581 bits per heavy atom. The Morgan fingerprint density at radius 2 is 1.08 bits per heavy atom. The number of aliphatic carboxylic acids is 1. The molecule has 1 aliphatic rings. The fraction of sp³-hybridized carbons (Fsp3) is 0.354. The van der Waals surface area contributed by atoms with E-state index in [1.807, 2.05) is 18.2 Å². The number of anilines is 1. The summed E-state index contributed by atoms with van der Waals surface area (Å²) >= 11 is 0. The molecule has 1 saturated heterocycles. The van der Waals surface area contributed by atoms with E-state index in [-0.39, 0.29) is 68.7 Å². The summed E-state index contributed by atoms with van der Waals surface area (Å²) < 4.78 is 0. The number of aromatic hydroxyl groups is 1. The average Bonchev–Trinajstić information content (AvgIpc) is 2.36. The monoisotopic (exact) mass is 1310 g/mol. The van der Waals surface area contributed by atoms with Crippen LogP contribution in [0.2, 0.25) is 0 Å². The number of nitrogens with one attached hydrogen (secondary N) is 11. The summed E-state index contributed by atoms with van der Waals surface area (Å²) in [6, 6.07) is 22.0. The molecular formula is C65H79N13O13S2. The van der Waals surface area contributed by atoms with Gasteiger partial charge in [0.1, 0.15) is 60.1 Å². The van der Waals surface area contributed by atoms with Crippen LogP contribution in [0.25, 0.3) is 10.9 Å². The van der Waals surface area contributed by atoms with Gasteiger partial charge in [0.25, 0.3) is 0 Å². The number of urea groups is 1. The summed E-state index contributed by atoms with van der Waals surface area (Å²) in [5, 5.41) is 59.3. The van der Waals surface area contributed by atoms with Crippen LogP contribution in [0.5, 0.6) is 5.75 Å². The molecule has 494 valence electrons. The number of rotatable bonds is 20. The van der Waals surface area contributed by atoms with E-state index < -0.39 is 120 Å². The SMILES string of the molecule is CNc1ccc(C[C@@H]2NC(=O)[C@@H](Cc3ccccc3)NC(=O)[C@H](NC(=O)[C@@H](Cc3ccc(O)cc3)NC(N)=O)CSSC[C@@H](C(=O)O)NC(=O)[C@H](Cc3ccccc3)NC(=O)[C@@H]([C@@H](C)O)NC(=O)[C@H](CCCCN)NC(=O)[C@@H](Cc3c[nH]c4ccccc34)NC2=O)cc1. The van der Waals surface area contributed by atoms with Crippen molar-refractivity contribution in [2.45, 2.75) is 119 Å². The maximum atomic E-state index is 15.3. The van der Waals surface area contributed by atoms with Crippen LogP contribution in [-0.2, 0) is 75.3 Å². The van der Waals surface area contributed by atoms with Crippen LogP contribution >= 0.6 is 21.6 Å². The first-order valence-electron chi connectivity index (χ1n) is 30.2. The first-order valence-corrected chi connectivity index (χ1v) is 32.7. The summed E-state index contributed by atoms with van der Waals surface area (Å²) in [5.41, 5.74) is 15.6. The molecule has 1 aromatic heterocycles. The maximum Gasteiger partial charge on any atom is 0.327 e. The summed E-state index contributed by atoms with van der Waals surface area (Å²) in [6.07, 6.45) is -0.227. The van der Waals surface area contributed by atoms with E-state index in [2.05, 4.69) is 58.2 Å². The highest BCUT2D eigenvalue weighted by Gasteiger charge is 2.37. The molecule has 1 fully saturated rings. The predicted molar refractivity (Wildman–Crippen MR) is 353 cm³/mol. The summed E-state index contributed by atoms with van der Waals surface area (Å²) in [5.74, 6) is -9.71. The lowest BCUT2D eigenvalue weighted by Crippen LogP contribution is -2.62. The lowest BCUT2D eigenvalue weighted by Gasteiger charge is -2.29. The van der Waals surface area contributed by atoms with Gasteiger partial charge >= 0.3 is 12.0 Å². The summed E-state index contributed by atoms with van der Waals surface area (Å²) in [4.78, 5) is 147. The number of aromatic amines is 1. The number of carboxylic acids is 1. The lowest BCUT2D eigenvalue weighted by atomic mass is 10.00. The number of carboxylic acid groups (broad SMARTS) is 1. The Bertz CT molecular complexity index is 3530. The minimum Gasteiger partial charge on any atom is -0.508 e. The van der Waals surface area contributed by atoms with Gasteiger partial charge in [0.05, 0.1) is 6.10 Å². The minimum absolute atomic E-state index is 0.0480. The molecule has 0 saturated carbocycles. The number of fused-ring (bicyclic) bond motifs is 1. The van der Waals surface area contributed by atoms with Crippen molar-refractivity contribution < 1.29 is 63.3 Å². The zero-order valence-electron chi connectivity index (χ0n) is 51.2. The van der Waals surface area contributed by atoms with Gasteiger partial charge in [-0.1, -0.05) is 125 Å². The molecule has 93 heavy (non-hydrogen) atoms. The highest BCUT2D eigenvalue weighted by atomic mass is 33.1. The predicted octanol–water partition coefficient (Wildman–Crippen LogP) is 1.33. The Hall–Kier alpha value is -9.64. The third kappa shape index (κ3) is 21.8. The molecular weight excluding hydrogens is 1230 g/mol. The number of hydrogen-bond acceptors (Lipinski definition) is 16. The van der Waals surface area contributed by atoms with Gasteiger partial charge in [-0.25, -0.2) is 9.59 Å². The smallest absolute Gasteiger partial charge is 0.327 e. The fourth-order valence-corrected chi connectivity index (χ4v) is 12.6. The van der Waals surface area contributed by atoms with Gasteiger partial charge in [-0.3, -0.25) is 38.4 Å². The molecule has 7 rings (SSSR count). The molecule has 10 amide bonds. The second-order valence-corrected chi connectivity index (χ2v) is 24.9. The van der Waals surface area contributed by atoms with Gasteiger partial charge in [-0.05, 0) is 90.9 Å². The number of phenolic OH excluding ortho intramolecular Hbond substituents is 1. The number of aliphatic hydroxyl groups is 1. The molecule has 0 unspecified atom stereocenters. The number of phenols is 1. The van der Waals surface area contributed by atoms with Crippen molar-refractivity contribution in [1.29, 1.82) is 0 Å². The number of amides is 10. The van der Waals surface area contributed by atoms with Gasteiger partial charge in [-0.2, -0.15) is 0 Å². The molecule has 2 heterocycles. The number of primary amides is 1. The average molecular weight is 1310 g/mol. The molecule has 10 atom stereocenters. The molecule has 1 aliphatic heterocycles. The second-order valence-electron chi connectivity index (χ2n) is 22.4. The van der Waals surface area contributed by atoms with Gasteiger partial charge < -0.3 is 84.9 Å². The molecule has 18 N–H and O–H groups in total. The number of carbonyl (C=O) groups is 10. The Morgan fingerprint density at radius 3 is 1.63 bits per heavy atom. The van der Waals surface area contributed by atoms with E-state index >= 15 is 19.2 Å². The van der Waals surface area contributed by atoms with Crippen LogP contribution in [0, 0.1) is 0 Å². The first-order chi connectivity index (χ1) is 44.7. The van der Waals surface area contributed by atoms with E-state index in [1.54, 1.807) is 104 Å². The number of carbonyl (C=O) groups excluding carboxylic acids is 9. The van der Waals surface area contributed by atoms with Crippen molar-refractivity contribution in [1.82, 2.24) is 52.8 Å². The van der Waals surface area contributed by atoms with E-state index in [1.165, 1.54) is 31.2 Å². The van der Waals surface area contributed by atoms with E-state index in [4.69, 9.17) is 11.5 Å². The maximum absolute atomic E-state index is 15.3. The van der Waals surface area contributed by atoms with Crippen molar-refractivity contribution in [2.75, 3.05) is 30.4 Å². The van der Waals surface area contributed by atoms with Gasteiger partial charge in [0.15, 0.2) is 0 Å². The number of benzene rings is 5. The number of aromatic nitrogens is 1. The number of nitrogens with two attached hydrogens (primary N) is 2. The number of aliphatic hydroxyl groups excluding tert-OH is 1. The van der Waals surface area contributed by atoms with Gasteiger partial charge in [-0.15, -0.1) is 0 Å². The molecule has 0 aliphatic carbocycles. The Kier molecular flexibility index (Phi) is 26.8. The van der Waals surface area contributed by atoms with Crippen molar-refractivity contribution in [3.8, 4) is 5.75 Å². The zero-order valence-corrected chi connectivity index (χ0v) is 52.9. The minimum atomic E-state index is -1.77. The van der Waals surface area contributed by atoms with Gasteiger partial charge in [0.2, 0.25) is 47.3 Å². The van der Waals surface area contributed by atoms with Crippen LogP contribution < -0.4 is 64.6 Å². The Labute approximate surface area is 544 Å². The zero-order chi connectivity index (χ0) is 67.0.